The molecule has 1 aromatic heterocycles. The number of carbonyl (C=O) groups excluding carboxylic acids is 3. The van der Waals surface area contributed by atoms with Gasteiger partial charge >= 0.3 is 6.18 Å². The minimum atomic E-state index is -4.50. The first kappa shape index (κ1) is 32.5. The first-order valence-corrected chi connectivity index (χ1v) is 14.8. The number of imide groups is 1. The van der Waals surface area contributed by atoms with Crippen LogP contribution in [0, 0.1) is 11.2 Å². The van der Waals surface area contributed by atoms with Gasteiger partial charge in [-0.3, -0.25) is 29.6 Å². The van der Waals surface area contributed by atoms with Gasteiger partial charge < -0.3 is 10.0 Å². The van der Waals surface area contributed by atoms with Crippen molar-refractivity contribution in [2.75, 3.05) is 27.2 Å². The zero-order chi connectivity index (χ0) is 32.9. The van der Waals surface area contributed by atoms with Crippen LogP contribution in [0.5, 0.6) is 0 Å². The highest BCUT2D eigenvalue weighted by molar-refractivity contribution is 6.01. The quantitative estimate of drug-likeness (QED) is 0.293. The monoisotopic (exact) mass is 628 g/mol. The van der Waals surface area contributed by atoms with Crippen LogP contribution in [0.1, 0.15) is 73.7 Å². The molecule has 3 aromatic rings. The van der Waals surface area contributed by atoms with Gasteiger partial charge in [-0.05, 0) is 48.2 Å². The molecular formula is C33H36F4N4O4. The zero-order valence-corrected chi connectivity index (χ0v) is 25.5. The van der Waals surface area contributed by atoms with Gasteiger partial charge in [-0.2, -0.15) is 13.2 Å². The molecule has 3 atom stereocenters. The highest BCUT2D eigenvalue weighted by Crippen LogP contribution is 2.49. The number of nitrogens with zero attached hydrogens (tertiary/aromatic N) is 3. The Bertz CT molecular complexity index is 1640. The molecule has 2 fully saturated rings. The summed E-state index contributed by atoms with van der Waals surface area (Å²) in [4.78, 5) is 44.6. The molecule has 2 N–H and O–H groups in total. The zero-order valence-electron chi connectivity index (χ0n) is 25.5. The fourth-order valence-corrected chi connectivity index (χ4v) is 6.53. The first-order chi connectivity index (χ1) is 21.0. The van der Waals surface area contributed by atoms with Gasteiger partial charge in [-0.15, -0.1) is 0 Å². The van der Waals surface area contributed by atoms with E-state index in [-0.39, 0.29) is 61.5 Å². The van der Waals surface area contributed by atoms with Crippen molar-refractivity contribution in [2.45, 2.75) is 63.3 Å². The summed E-state index contributed by atoms with van der Waals surface area (Å²) >= 11 is 0. The number of carbonyl (C=O) groups is 3. The maximum Gasteiger partial charge on any atom is 0.416 e. The SMILES string of the molecule is CN(C)C(=O)C[C@H](c1ccc(C(F)(F)F)cc1)N1CC[C@](O)(c2ccc3ncc(C4CCC(=O)NC4=O)cc3c2F)C(C)(C)C1. The lowest BCUT2D eigenvalue weighted by atomic mass is 9.65. The van der Waals surface area contributed by atoms with E-state index in [1.165, 1.54) is 29.3 Å². The summed E-state index contributed by atoms with van der Waals surface area (Å²) in [6.45, 7) is 4.02. The standard InChI is InChI=1S/C33H36F4N4O4/c1-31(2)18-41(26(16-28(43)40(3)4)19-5-7-21(8-6-19)33(35,36)37)14-13-32(31,45)24-10-11-25-23(29(24)34)15-20(17-38-25)22-9-12-27(42)39-30(22)44/h5-8,10-11,15,17,22,26,45H,9,12-14,16,18H2,1-4H3,(H,39,42,44)/t22?,26-,32+/m1/s1. The second-order valence-electron chi connectivity index (χ2n) is 12.9. The number of alkyl halides is 3. The fourth-order valence-electron chi connectivity index (χ4n) is 6.53. The predicted molar refractivity (Wildman–Crippen MR) is 158 cm³/mol. The lowest BCUT2D eigenvalue weighted by Gasteiger charge is -2.52. The van der Waals surface area contributed by atoms with Crippen molar-refractivity contribution in [3.8, 4) is 0 Å². The number of nitrogens with one attached hydrogen (secondary N) is 1. The first-order valence-electron chi connectivity index (χ1n) is 14.8. The average molecular weight is 629 g/mol. The molecule has 0 saturated carbocycles. The molecule has 12 heteroatoms. The Morgan fingerprint density at radius 1 is 1.16 bits per heavy atom. The van der Waals surface area contributed by atoms with Crippen molar-refractivity contribution in [3.63, 3.8) is 0 Å². The maximum absolute atomic E-state index is 16.4. The number of hydrogen-bond acceptors (Lipinski definition) is 6. The van der Waals surface area contributed by atoms with Gasteiger partial charge in [-0.1, -0.05) is 32.0 Å². The summed E-state index contributed by atoms with van der Waals surface area (Å²) < 4.78 is 56.1. The number of piperidine rings is 2. The van der Waals surface area contributed by atoms with Crippen LogP contribution in [0.15, 0.2) is 48.7 Å². The van der Waals surface area contributed by atoms with E-state index in [4.69, 9.17) is 0 Å². The van der Waals surface area contributed by atoms with E-state index < -0.39 is 46.4 Å². The summed E-state index contributed by atoms with van der Waals surface area (Å²) in [5, 5.41) is 14.6. The molecule has 0 spiro atoms. The van der Waals surface area contributed by atoms with Crippen molar-refractivity contribution in [1.29, 1.82) is 0 Å². The Labute approximate surface area is 258 Å². The van der Waals surface area contributed by atoms with E-state index in [1.807, 2.05) is 4.90 Å². The summed E-state index contributed by atoms with van der Waals surface area (Å²) in [7, 11) is 3.21. The van der Waals surface area contributed by atoms with Gasteiger partial charge in [0.15, 0.2) is 0 Å². The Morgan fingerprint density at radius 2 is 1.84 bits per heavy atom. The number of hydrogen-bond donors (Lipinski definition) is 2. The molecule has 2 aliphatic rings. The fraction of sp³-hybridized carbons (Fsp3) is 0.455. The van der Waals surface area contributed by atoms with E-state index in [2.05, 4.69) is 10.3 Å². The largest absolute Gasteiger partial charge is 0.416 e. The van der Waals surface area contributed by atoms with Gasteiger partial charge in [0.05, 0.1) is 22.6 Å². The highest BCUT2D eigenvalue weighted by Gasteiger charge is 2.51. The van der Waals surface area contributed by atoms with E-state index in [1.54, 1.807) is 40.1 Å². The van der Waals surface area contributed by atoms with Gasteiger partial charge in [0.1, 0.15) is 5.82 Å². The van der Waals surface area contributed by atoms with Gasteiger partial charge in [0.2, 0.25) is 17.7 Å². The Kier molecular flexibility index (Phi) is 8.52. The molecule has 3 amide bonds. The van der Waals surface area contributed by atoms with Crippen molar-refractivity contribution in [3.05, 3.63) is 76.7 Å². The normalized spacial score (nSPS) is 23.1. The number of aliphatic hydroxyl groups is 1. The van der Waals surface area contributed by atoms with E-state index in [9.17, 15) is 32.7 Å². The van der Waals surface area contributed by atoms with E-state index in [0.717, 1.165) is 12.1 Å². The van der Waals surface area contributed by atoms with Crippen molar-refractivity contribution >= 4 is 28.6 Å². The minimum Gasteiger partial charge on any atom is -0.384 e. The number of amides is 3. The molecule has 45 heavy (non-hydrogen) atoms. The number of aromatic nitrogens is 1. The molecule has 0 aliphatic carbocycles. The average Bonchev–Trinajstić information content (AvgIpc) is 2.97. The number of rotatable bonds is 6. The summed E-state index contributed by atoms with van der Waals surface area (Å²) in [6.07, 6.45) is -2.48. The lowest BCUT2D eigenvalue weighted by Crippen LogP contribution is -2.56. The smallest absolute Gasteiger partial charge is 0.384 e. The van der Waals surface area contributed by atoms with E-state index in [0.29, 0.717) is 16.6 Å². The van der Waals surface area contributed by atoms with Crippen LogP contribution in [0.25, 0.3) is 10.9 Å². The number of halogens is 4. The molecule has 240 valence electrons. The molecule has 0 bridgehead atoms. The van der Waals surface area contributed by atoms with Gasteiger partial charge in [-0.25, -0.2) is 4.39 Å². The molecule has 2 saturated heterocycles. The van der Waals surface area contributed by atoms with Gasteiger partial charge in [0, 0.05) is 68.6 Å². The van der Waals surface area contributed by atoms with Crippen LogP contribution >= 0.6 is 0 Å². The Morgan fingerprint density at radius 3 is 2.44 bits per heavy atom. The van der Waals surface area contributed by atoms with E-state index >= 15 is 4.39 Å². The van der Waals surface area contributed by atoms with Crippen LogP contribution in [0.4, 0.5) is 17.6 Å². The molecule has 2 aromatic carbocycles. The molecule has 8 nitrogen and oxygen atoms in total. The second-order valence-corrected chi connectivity index (χ2v) is 12.9. The molecular weight excluding hydrogens is 592 g/mol. The topological polar surface area (TPSA) is 103 Å². The van der Waals surface area contributed by atoms with Crippen LogP contribution in [-0.2, 0) is 26.2 Å². The van der Waals surface area contributed by atoms with Gasteiger partial charge in [0.25, 0.3) is 0 Å². The molecule has 2 aliphatic heterocycles. The maximum atomic E-state index is 16.4. The Hall–Kier alpha value is -3.90. The second kappa shape index (κ2) is 11.8. The van der Waals surface area contributed by atoms with Crippen molar-refractivity contribution in [2.24, 2.45) is 5.41 Å². The predicted octanol–water partition coefficient (Wildman–Crippen LogP) is 5.05. The third-order valence-corrected chi connectivity index (χ3v) is 9.32. The van der Waals surface area contributed by atoms with Crippen LogP contribution < -0.4 is 5.32 Å². The third-order valence-electron chi connectivity index (χ3n) is 9.32. The third kappa shape index (κ3) is 6.17. The number of benzene rings is 2. The number of pyridine rings is 1. The van der Waals surface area contributed by atoms with Crippen LogP contribution in [0.2, 0.25) is 0 Å². The van der Waals surface area contributed by atoms with Crippen LogP contribution in [-0.4, -0.2) is 64.8 Å². The number of likely N-dealkylation sites (tertiary alicyclic amines) is 1. The van der Waals surface area contributed by atoms with Crippen LogP contribution in [0.3, 0.4) is 0 Å². The molecule has 5 rings (SSSR count). The Balaban J connectivity index is 1.47. The molecule has 0 radical (unpaired) electrons. The summed E-state index contributed by atoms with van der Waals surface area (Å²) in [5.41, 5.74) is -2.01. The highest BCUT2D eigenvalue weighted by atomic mass is 19.4. The van der Waals surface area contributed by atoms with Crippen molar-refractivity contribution < 1.29 is 37.1 Å². The molecule has 3 heterocycles. The summed E-state index contributed by atoms with van der Waals surface area (Å²) in [6, 6.07) is 8.83. The summed E-state index contributed by atoms with van der Waals surface area (Å²) in [5.74, 6) is -2.36. The molecule has 1 unspecified atom stereocenters. The number of fused-ring (bicyclic) bond motifs is 1. The lowest BCUT2D eigenvalue weighted by molar-refractivity contribution is -0.141. The minimum absolute atomic E-state index is 0.00595. The van der Waals surface area contributed by atoms with Crippen molar-refractivity contribution in [1.82, 2.24) is 20.1 Å².